The summed E-state index contributed by atoms with van der Waals surface area (Å²) in [6.45, 7) is 5.70. The molecule has 7 heteroatoms. The van der Waals surface area contributed by atoms with Gasteiger partial charge in [0.2, 0.25) is 0 Å². The molecule has 0 amide bonds. The minimum absolute atomic E-state index is 0.183. The number of aromatic nitrogens is 5. The maximum Gasteiger partial charge on any atom is 0.299 e. The molecule has 2 aliphatic rings. The van der Waals surface area contributed by atoms with E-state index in [0.717, 1.165) is 48.6 Å². The predicted octanol–water partition coefficient (Wildman–Crippen LogP) is 5.05. The number of allylic oxidation sites excluding steroid dienone is 2. The van der Waals surface area contributed by atoms with Crippen LogP contribution in [0.1, 0.15) is 50.9 Å². The normalized spacial score (nSPS) is 17.4. The van der Waals surface area contributed by atoms with Crippen molar-refractivity contribution in [2.45, 2.75) is 51.5 Å². The lowest BCUT2D eigenvalue weighted by Gasteiger charge is -2.19. The molecule has 0 fully saturated rings. The van der Waals surface area contributed by atoms with Crippen molar-refractivity contribution >= 4 is 33.5 Å². The topological polar surface area (TPSA) is 80.7 Å². The maximum atomic E-state index is 5.89. The Kier molecular flexibility index (Phi) is 4.45. The third kappa shape index (κ3) is 3.15. The summed E-state index contributed by atoms with van der Waals surface area (Å²) in [5.74, 6) is 1.61. The summed E-state index contributed by atoms with van der Waals surface area (Å²) in [6.07, 6.45) is 9.84. The first-order valence-electron chi connectivity index (χ1n) is 11.5. The number of ether oxygens (including phenoxy) is 1. The quantitative estimate of drug-likeness (QED) is 0.465. The van der Waals surface area contributed by atoms with Crippen molar-refractivity contribution in [2.75, 3.05) is 18.5 Å². The van der Waals surface area contributed by atoms with Crippen LogP contribution in [0.5, 0.6) is 6.01 Å². The molecule has 0 spiro atoms. The van der Waals surface area contributed by atoms with E-state index in [0.29, 0.717) is 12.6 Å². The second-order valence-electron chi connectivity index (χ2n) is 9.41. The highest BCUT2D eigenvalue weighted by atomic mass is 16.5. The van der Waals surface area contributed by atoms with E-state index in [9.17, 15) is 0 Å². The van der Waals surface area contributed by atoms with Gasteiger partial charge in [0.25, 0.3) is 6.01 Å². The number of para-hydroxylation sites is 1. The van der Waals surface area contributed by atoms with Gasteiger partial charge in [0, 0.05) is 23.6 Å². The molecule has 0 saturated carbocycles. The number of fused-ring (bicyclic) bond motifs is 4. The number of anilines is 1. The van der Waals surface area contributed by atoms with Crippen molar-refractivity contribution in [3.05, 3.63) is 47.9 Å². The Balaban J connectivity index is 1.36. The van der Waals surface area contributed by atoms with Gasteiger partial charge < -0.3 is 15.0 Å². The number of aromatic amines is 1. The lowest BCUT2D eigenvalue weighted by molar-refractivity contribution is 0.268. The molecule has 7 nitrogen and oxygen atoms in total. The second-order valence-corrected chi connectivity index (χ2v) is 9.41. The highest BCUT2D eigenvalue weighted by Crippen LogP contribution is 2.37. The Hall–Kier alpha value is -3.35. The molecule has 0 radical (unpaired) electrons. The van der Waals surface area contributed by atoms with Crippen LogP contribution < -0.4 is 10.1 Å². The van der Waals surface area contributed by atoms with Crippen LogP contribution in [0.25, 0.3) is 27.6 Å². The zero-order chi connectivity index (χ0) is 21.7. The average molecular weight is 429 g/mol. The number of benzene rings is 1. The number of hydrogen-bond acceptors (Lipinski definition) is 5. The zero-order valence-electron chi connectivity index (χ0n) is 18.6. The van der Waals surface area contributed by atoms with Gasteiger partial charge >= 0.3 is 0 Å². The molecule has 1 aromatic carbocycles. The van der Waals surface area contributed by atoms with Crippen LogP contribution in [-0.2, 0) is 12.0 Å². The zero-order valence-corrected chi connectivity index (χ0v) is 18.6. The van der Waals surface area contributed by atoms with Crippen molar-refractivity contribution in [1.29, 1.82) is 0 Å². The fourth-order valence-electron chi connectivity index (χ4n) is 4.85. The first-order valence-corrected chi connectivity index (χ1v) is 11.5. The molecular formula is C25H28N6O. The van der Waals surface area contributed by atoms with Gasteiger partial charge in [-0.3, -0.25) is 4.57 Å². The monoisotopic (exact) mass is 428 g/mol. The number of nitrogens with one attached hydrogen (secondary N) is 2. The van der Waals surface area contributed by atoms with Crippen LogP contribution in [0.4, 0.5) is 5.82 Å². The minimum Gasteiger partial charge on any atom is -0.462 e. The predicted molar refractivity (Wildman–Crippen MR) is 127 cm³/mol. The van der Waals surface area contributed by atoms with Gasteiger partial charge in [0.15, 0.2) is 22.8 Å². The Morgan fingerprint density at radius 3 is 2.94 bits per heavy atom. The highest BCUT2D eigenvalue weighted by Gasteiger charge is 2.36. The van der Waals surface area contributed by atoms with Crippen LogP contribution in [0, 0.1) is 0 Å². The Morgan fingerprint density at radius 2 is 2.06 bits per heavy atom. The fraction of sp³-hybridized carbons (Fsp3) is 0.400. The Labute approximate surface area is 186 Å². The van der Waals surface area contributed by atoms with Crippen molar-refractivity contribution < 1.29 is 4.74 Å². The molecule has 164 valence electrons. The van der Waals surface area contributed by atoms with E-state index in [1.165, 1.54) is 34.9 Å². The Morgan fingerprint density at radius 1 is 1.16 bits per heavy atom. The molecule has 32 heavy (non-hydrogen) atoms. The SMILES string of the molecule is CC1(C)COc2nc3c(NCCc4c[nH]c5ccccc45)nc(C4=CCCCC4)nc3n21. The molecular weight excluding hydrogens is 400 g/mol. The third-order valence-electron chi connectivity index (χ3n) is 6.58. The van der Waals surface area contributed by atoms with Crippen molar-refractivity contribution in [3.8, 4) is 6.01 Å². The van der Waals surface area contributed by atoms with Gasteiger partial charge in [-0.25, -0.2) is 9.97 Å². The Bertz CT molecular complexity index is 1350. The largest absolute Gasteiger partial charge is 0.462 e. The van der Waals surface area contributed by atoms with E-state index in [-0.39, 0.29) is 5.54 Å². The summed E-state index contributed by atoms with van der Waals surface area (Å²) in [5, 5.41) is 4.83. The van der Waals surface area contributed by atoms with Gasteiger partial charge in [-0.2, -0.15) is 4.98 Å². The van der Waals surface area contributed by atoms with E-state index in [2.05, 4.69) is 65.3 Å². The van der Waals surface area contributed by atoms with Gasteiger partial charge in [0.1, 0.15) is 6.61 Å². The summed E-state index contributed by atoms with van der Waals surface area (Å²) in [7, 11) is 0. The van der Waals surface area contributed by atoms with Crippen LogP contribution >= 0.6 is 0 Å². The number of hydrogen-bond donors (Lipinski definition) is 2. The molecule has 3 aromatic heterocycles. The average Bonchev–Trinajstić information content (AvgIpc) is 3.48. The van der Waals surface area contributed by atoms with Gasteiger partial charge in [0.05, 0.1) is 5.54 Å². The van der Waals surface area contributed by atoms with E-state index in [4.69, 9.17) is 19.7 Å². The lowest BCUT2D eigenvalue weighted by Crippen LogP contribution is -2.26. The lowest BCUT2D eigenvalue weighted by atomic mass is 9.99. The van der Waals surface area contributed by atoms with Crippen molar-refractivity contribution in [1.82, 2.24) is 24.5 Å². The molecule has 0 unspecified atom stereocenters. The van der Waals surface area contributed by atoms with Crippen molar-refractivity contribution in [3.63, 3.8) is 0 Å². The summed E-state index contributed by atoms with van der Waals surface area (Å²) in [4.78, 5) is 18.0. The molecule has 1 aliphatic heterocycles. The van der Waals surface area contributed by atoms with Crippen LogP contribution in [0.15, 0.2) is 36.5 Å². The number of imidazole rings is 1. The van der Waals surface area contributed by atoms with E-state index in [1.807, 2.05) is 0 Å². The summed E-state index contributed by atoms with van der Waals surface area (Å²) in [6, 6.07) is 9.05. The molecule has 0 atom stereocenters. The summed E-state index contributed by atoms with van der Waals surface area (Å²) >= 11 is 0. The van der Waals surface area contributed by atoms with Gasteiger partial charge in [-0.15, -0.1) is 0 Å². The molecule has 1 aliphatic carbocycles. The first kappa shape index (κ1) is 19.3. The highest BCUT2D eigenvalue weighted by molar-refractivity contribution is 5.86. The number of rotatable bonds is 5. The van der Waals surface area contributed by atoms with E-state index < -0.39 is 0 Å². The standard InChI is InChI=1S/C25H28N6O/c1-25(2)15-32-24-28-20-22(26-13-12-17-14-27-19-11-7-6-10-18(17)19)29-21(30-23(20)31(24)25)16-8-4-3-5-9-16/h6-8,10-11,14,27H,3-5,9,12-13,15H2,1-2H3,(H,26,29,30). The van der Waals surface area contributed by atoms with Crippen LogP contribution in [-0.4, -0.2) is 37.7 Å². The first-order chi connectivity index (χ1) is 15.6. The van der Waals surface area contributed by atoms with E-state index in [1.54, 1.807) is 0 Å². The van der Waals surface area contributed by atoms with Crippen LogP contribution in [0.3, 0.4) is 0 Å². The third-order valence-corrected chi connectivity index (χ3v) is 6.58. The summed E-state index contributed by atoms with van der Waals surface area (Å²) in [5.41, 5.74) is 5.16. The van der Waals surface area contributed by atoms with E-state index >= 15 is 0 Å². The number of H-pyrrole nitrogens is 1. The van der Waals surface area contributed by atoms with Crippen LogP contribution in [0.2, 0.25) is 0 Å². The van der Waals surface area contributed by atoms with Crippen molar-refractivity contribution in [2.24, 2.45) is 0 Å². The number of nitrogens with zero attached hydrogens (tertiary/aromatic N) is 4. The molecule has 2 N–H and O–H groups in total. The molecule has 0 saturated heterocycles. The molecule has 6 rings (SSSR count). The summed E-state index contributed by atoms with van der Waals surface area (Å²) < 4.78 is 8.01. The van der Waals surface area contributed by atoms with Gasteiger partial charge in [-0.05, 0) is 63.2 Å². The molecule has 0 bridgehead atoms. The second kappa shape index (κ2) is 7.36. The fourth-order valence-corrected chi connectivity index (χ4v) is 4.85. The molecule has 4 heterocycles. The van der Waals surface area contributed by atoms with Gasteiger partial charge in [-0.1, -0.05) is 24.3 Å². The maximum absolute atomic E-state index is 5.89. The smallest absolute Gasteiger partial charge is 0.299 e. The minimum atomic E-state index is -0.183. The molecule has 4 aromatic rings.